The van der Waals surface area contributed by atoms with Gasteiger partial charge in [0.1, 0.15) is 0 Å². The molecule has 1 amide bonds. The summed E-state index contributed by atoms with van der Waals surface area (Å²) >= 11 is 0. The van der Waals surface area contributed by atoms with Crippen LogP contribution in [0, 0.1) is 0 Å². The van der Waals surface area contributed by atoms with E-state index in [4.69, 9.17) is 0 Å². The second kappa shape index (κ2) is 6.31. The zero-order valence-electron chi connectivity index (χ0n) is 12.5. The van der Waals surface area contributed by atoms with Gasteiger partial charge in [0, 0.05) is 18.4 Å². The molecule has 3 rings (SSSR count). The Labute approximate surface area is 130 Å². The van der Waals surface area contributed by atoms with Crippen LogP contribution >= 0.6 is 0 Å². The molecule has 0 heterocycles. The number of nitrogens with zero attached hydrogens (tertiary/aromatic N) is 1. The van der Waals surface area contributed by atoms with Crippen LogP contribution in [-0.2, 0) is 4.79 Å². The Morgan fingerprint density at radius 2 is 1.59 bits per heavy atom. The zero-order valence-corrected chi connectivity index (χ0v) is 12.5. The van der Waals surface area contributed by atoms with E-state index in [1.54, 1.807) is 0 Å². The molecule has 0 fully saturated rings. The summed E-state index contributed by atoms with van der Waals surface area (Å²) in [6, 6.07) is 23.9. The summed E-state index contributed by atoms with van der Waals surface area (Å²) in [4.78, 5) is 14.1. The average molecular weight is 290 g/mol. The quantitative estimate of drug-likeness (QED) is 0.790. The summed E-state index contributed by atoms with van der Waals surface area (Å²) in [6.45, 7) is 0.316. The smallest absolute Gasteiger partial charge is 0.243 e. The number of carbonyl (C=O) groups excluding carboxylic acids is 1. The van der Waals surface area contributed by atoms with Gasteiger partial charge >= 0.3 is 0 Å². The highest BCUT2D eigenvalue weighted by atomic mass is 16.2. The first-order valence-electron chi connectivity index (χ1n) is 7.27. The molecule has 0 spiro atoms. The predicted octanol–water partition coefficient (Wildman–Crippen LogP) is 3.91. The van der Waals surface area contributed by atoms with Gasteiger partial charge in [0.15, 0.2) is 0 Å². The number of nitrogens with one attached hydrogen (secondary N) is 1. The lowest BCUT2D eigenvalue weighted by atomic mass is 10.1. The number of amides is 1. The largest absolute Gasteiger partial charge is 0.365 e. The minimum Gasteiger partial charge on any atom is -0.365 e. The third-order valence-corrected chi connectivity index (χ3v) is 3.61. The first kappa shape index (κ1) is 14.1. The molecule has 0 saturated heterocycles. The summed E-state index contributed by atoms with van der Waals surface area (Å²) in [5.74, 6) is -0.0263. The van der Waals surface area contributed by atoms with Gasteiger partial charge in [0.25, 0.3) is 0 Å². The maximum atomic E-state index is 12.2. The number of benzene rings is 3. The van der Waals surface area contributed by atoms with Crippen molar-refractivity contribution < 1.29 is 4.79 Å². The van der Waals surface area contributed by atoms with E-state index in [0.717, 1.165) is 16.8 Å². The Morgan fingerprint density at radius 3 is 2.36 bits per heavy atom. The molecule has 110 valence electrons. The fourth-order valence-electron chi connectivity index (χ4n) is 2.46. The van der Waals surface area contributed by atoms with Gasteiger partial charge in [-0.3, -0.25) is 4.79 Å². The summed E-state index contributed by atoms with van der Waals surface area (Å²) in [5.41, 5.74) is 1.85. The SMILES string of the molecule is CN(CC(=O)Nc1ccc2ccccc2c1)c1ccccc1. The monoisotopic (exact) mass is 290 g/mol. The second-order valence-corrected chi connectivity index (χ2v) is 5.30. The number of para-hydroxylation sites is 1. The third-order valence-electron chi connectivity index (χ3n) is 3.61. The van der Waals surface area contributed by atoms with E-state index < -0.39 is 0 Å². The first-order valence-corrected chi connectivity index (χ1v) is 7.27. The number of fused-ring (bicyclic) bond motifs is 1. The molecule has 1 N–H and O–H groups in total. The van der Waals surface area contributed by atoms with Gasteiger partial charge in [-0.25, -0.2) is 0 Å². The van der Waals surface area contributed by atoms with Crippen molar-refractivity contribution in [2.45, 2.75) is 0 Å². The Bertz CT molecular complexity index is 784. The molecule has 0 unspecified atom stereocenters. The first-order chi connectivity index (χ1) is 10.7. The standard InChI is InChI=1S/C19H18N2O/c1-21(18-9-3-2-4-10-18)14-19(22)20-17-12-11-15-7-5-6-8-16(15)13-17/h2-13H,14H2,1H3,(H,20,22). The van der Waals surface area contributed by atoms with E-state index in [2.05, 4.69) is 11.4 Å². The molecule has 0 atom stereocenters. The van der Waals surface area contributed by atoms with Crippen molar-refractivity contribution in [2.24, 2.45) is 0 Å². The second-order valence-electron chi connectivity index (χ2n) is 5.30. The number of anilines is 2. The third kappa shape index (κ3) is 3.26. The van der Waals surface area contributed by atoms with Crippen LogP contribution in [0.4, 0.5) is 11.4 Å². The number of likely N-dealkylation sites (N-methyl/N-ethyl adjacent to an activating group) is 1. The molecule has 0 saturated carbocycles. The lowest BCUT2D eigenvalue weighted by Crippen LogP contribution is -2.29. The maximum absolute atomic E-state index is 12.2. The highest BCUT2D eigenvalue weighted by molar-refractivity contribution is 5.96. The van der Waals surface area contributed by atoms with Gasteiger partial charge in [-0.15, -0.1) is 0 Å². The van der Waals surface area contributed by atoms with Crippen LogP contribution in [0.5, 0.6) is 0 Å². The van der Waals surface area contributed by atoms with Crippen LogP contribution in [0.25, 0.3) is 10.8 Å². The zero-order chi connectivity index (χ0) is 15.4. The maximum Gasteiger partial charge on any atom is 0.243 e. The molecular formula is C19H18N2O. The van der Waals surface area contributed by atoms with E-state index in [1.807, 2.05) is 78.7 Å². The molecule has 0 radical (unpaired) electrons. The van der Waals surface area contributed by atoms with Gasteiger partial charge in [0.05, 0.1) is 6.54 Å². The van der Waals surface area contributed by atoms with Gasteiger partial charge < -0.3 is 10.2 Å². The van der Waals surface area contributed by atoms with Gasteiger partial charge in [0.2, 0.25) is 5.91 Å². The summed E-state index contributed by atoms with van der Waals surface area (Å²) in [5, 5.41) is 5.24. The van der Waals surface area contributed by atoms with E-state index in [-0.39, 0.29) is 5.91 Å². The van der Waals surface area contributed by atoms with Crippen LogP contribution in [0.1, 0.15) is 0 Å². The summed E-state index contributed by atoms with van der Waals surface area (Å²) < 4.78 is 0. The lowest BCUT2D eigenvalue weighted by Gasteiger charge is -2.18. The number of hydrogen-bond acceptors (Lipinski definition) is 2. The number of carbonyl (C=O) groups is 1. The van der Waals surface area contributed by atoms with Gasteiger partial charge in [-0.05, 0) is 35.0 Å². The Hall–Kier alpha value is -2.81. The van der Waals surface area contributed by atoms with Crippen LogP contribution in [0.3, 0.4) is 0 Å². The molecular weight excluding hydrogens is 272 g/mol. The van der Waals surface area contributed by atoms with Gasteiger partial charge in [-0.1, -0.05) is 48.5 Å². The highest BCUT2D eigenvalue weighted by Gasteiger charge is 2.07. The van der Waals surface area contributed by atoms with Crippen LogP contribution in [-0.4, -0.2) is 19.5 Å². The normalized spacial score (nSPS) is 10.4. The molecule has 0 bridgehead atoms. The van der Waals surface area contributed by atoms with E-state index >= 15 is 0 Å². The average Bonchev–Trinajstić information content (AvgIpc) is 2.55. The van der Waals surface area contributed by atoms with E-state index in [0.29, 0.717) is 6.54 Å². The topological polar surface area (TPSA) is 32.3 Å². The van der Waals surface area contributed by atoms with E-state index in [1.165, 1.54) is 5.39 Å². The van der Waals surface area contributed by atoms with Crippen molar-refractivity contribution >= 4 is 28.1 Å². The molecule has 0 aliphatic heterocycles. The van der Waals surface area contributed by atoms with Crippen molar-refractivity contribution in [3.05, 3.63) is 72.8 Å². The van der Waals surface area contributed by atoms with Gasteiger partial charge in [-0.2, -0.15) is 0 Å². The Kier molecular flexibility index (Phi) is 4.05. The molecule has 0 aromatic heterocycles. The molecule has 22 heavy (non-hydrogen) atoms. The molecule has 3 aromatic carbocycles. The minimum absolute atomic E-state index is 0.0263. The fraction of sp³-hybridized carbons (Fsp3) is 0.105. The van der Waals surface area contributed by atoms with Crippen molar-refractivity contribution in [3.63, 3.8) is 0 Å². The number of hydrogen-bond donors (Lipinski definition) is 1. The molecule has 3 aromatic rings. The van der Waals surface area contributed by atoms with Crippen molar-refractivity contribution in [1.82, 2.24) is 0 Å². The van der Waals surface area contributed by atoms with Crippen molar-refractivity contribution in [1.29, 1.82) is 0 Å². The molecule has 0 aliphatic rings. The predicted molar refractivity (Wildman–Crippen MR) is 92.3 cm³/mol. The lowest BCUT2D eigenvalue weighted by molar-refractivity contribution is -0.114. The van der Waals surface area contributed by atoms with E-state index in [9.17, 15) is 4.79 Å². The Balaban J connectivity index is 1.68. The number of rotatable bonds is 4. The molecule has 0 aliphatic carbocycles. The van der Waals surface area contributed by atoms with Crippen molar-refractivity contribution in [3.8, 4) is 0 Å². The summed E-state index contributed by atoms with van der Waals surface area (Å²) in [7, 11) is 1.91. The Morgan fingerprint density at radius 1 is 0.909 bits per heavy atom. The van der Waals surface area contributed by atoms with Crippen molar-refractivity contribution in [2.75, 3.05) is 23.8 Å². The fourth-order valence-corrected chi connectivity index (χ4v) is 2.46. The summed E-state index contributed by atoms with van der Waals surface area (Å²) in [6.07, 6.45) is 0. The van der Waals surface area contributed by atoms with Crippen LogP contribution < -0.4 is 10.2 Å². The molecule has 3 nitrogen and oxygen atoms in total. The minimum atomic E-state index is -0.0263. The van der Waals surface area contributed by atoms with Crippen LogP contribution in [0.2, 0.25) is 0 Å². The molecule has 3 heteroatoms. The highest BCUT2D eigenvalue weighted by Crippen LogP contribution is 2.19. The van der Waals surface area contributed by atoms with Crippen LogP contribution in [0.15, 0.2) is 72.8 Å².